The Morgan fingerprint density at radius 3 is 2.85 bits per heavy atom. The van der Waals surface area contributed by atoms with Crippen molar-refractivity contribution < 1.29 is 23.8 Å². The summed E-state index contributed by atoms with van der Waals surface area (Å²) < 4.78 is 11.6. The van der Waals surface area contributed by atoms with Crippen molar-refractivity contribution >= 4 is 45.0 Å². The van der Waals surface area contributed by atoms with E-state index in [9.17, 15) is 9.59 Å². The van der Waals surface area contributed by atoms with Crippen LogP contribution in [-0.2, 0) is 11.3 Å². The van der Waals surface area contributed by atoms with Gasteiger partial charge in [0.1, 0.15) is 5.76 Å². The van der Waals surface area contributed by atoms with Crippen molar-refractivity contribution in [1.29, 1.82) is 0 Å². The minimum atomic E-state index is -1.15. The molecule has 0 saturated carbocycles. The van der Waals surface area contributed by atoms with Crippen molar-refractivity contribution in [2.75, 3.05) is 20.3 Å². The molecule has 142 valence electrons. The second-order valence-electron chi connectivity index (χ2n) is 5.79. The molecule has 3 rings (SSSR count). The Morgan fingerprint density at radius 2 is 2.15 bits per heavy atom. The largest absolute Gasteiger partial charge is 0.475 e. The van der Waals surface area contributed by atoms with Crippen molar-refractivity contribution in [1.82, 2.24) is 9.88 Å². The molecule has 0 fully saturated rings. The van der Waals surface area contributed by atoms with Crippen LogP contribution in [0.2, 0.25) is 4.47 Å². The lowest BCUT2D eigenvalue weighted by molar-refractivity contribution is 0.0655. The van der Waals surface area contributed by atoms with Gasteiger partial charge in [-0.15, -0.1) is 11.3 Å². The number of benzene rings is 1. The standard InChI is InChI=1S/C18H17ClN2O5S/c1-25-8-2-7-21(10-12-4-6-14(26-12)17(23)24)16(22)11-3-5-13-15(9-11)27-18(19)20-13/h3-6,9H,2,7-8,10H2,1H3,(H,23,24). The van der Waals surface area contributed by atoms with Gasteiger partial charge in [0.25, 0.3) is 5.91 Å². The van der Waals surface area contributed by atoms with Crippen LogP contribution in [0, 0.1) is 0 Å². The van der Waals surface area contributed by atoms with E-state index in [1.807, 2.05) is 0 Å². The molecule has 3 aromatic rings. The van der Waals surface area contributed by atoms with Gasteiger partial charge in [-0.05, 0) is 36.8 Å². The number of carbonyl (C=O) groups excluding carboxylic acids is 1. The molecule has 0 aliphatic rings. The lowest BCUT2D eigenvalue weighted by atomic mass is 10.1. The molecular weight excluding hydrogens is 392 g/mol. The molecule has 7 nitrogen and oxygen atoms in total. The van der Waals surface area contributed by atoms with Crippen LogP contribution in [0.3, 0.4) is 0 Å². The van der Waals surface area contributed by atoms with Crippen LogP contribution >= 0.6 is 22.9 Å². The van der Waals surface area contributed by atoms with Crippen LogP contribution in [0.4, 0.5) is 0 Å². The molecule has 0 aliphatic heterocycles. The minimum Gasteiger partial charge on any atom is -0.475 e. The number of hydrogen-bond acceptors (Lipinski definition) is 6. The number of nitrogens with zero attached hydrogens (tertiary/aromatic N) is 2. The first kappa shape index (κ1) is 19.3. The Labute approximate surface area is 164 Å². The van der Waals surface area contributed by atoms with Crippen LogP contribution in [0.15, 0.2) is 34.7 Å². The quantitative estimate of drug-likeness (QED) is 0.568. The Hall–Kier alpha value is -2.42. The van der Waals surface area contributed by atoms with E-state index in [0.29, 0.717) is 35.4 Å². The average Bonchev–Trinajstić information content (AvgIpc) is 3.25. The van der Waals surface area contributed by atoms with E-state index in [-0.39, 0.29) is 18.2 Å². The molecule has 0 atom stereocenters. The molecule has 1 amide bonds. The summed E-state index contributed by atoms with van der Waals surface area (Å²) in [7, 11) is 1.60. The number of carboxylic acids is 1. The van der Waals surface area contributed by atoms with Gasteiger partial charge in [-0.2, -0.15) is 0 Å². The lowest BCUT2D eigenvalue weighted by Crippen LogP contribution is -2.32. The van der Waals surface area contributed by atoms with Gasteiger partial charge in [0.15, 0.2) is 4.47 Å². The molecule has 2 heterocycles. The van der Waals surface area contributed by atoms with Gasteiger partial charge in [-0.1, -0.05) is 11.6 Å². The second-order valence-corrected chi connectivity index (χ2v) is 7.41. The number of amides is 1. The molecule has 2 aromatic heterocycles. The first-order chi connectivity index (χ1) is 13.0. The summed E-state index contributed by atoms with van der Waals surface area (Å²) in [6, 6.07) is 8.16. The molecule has 0 unspecified atom stereocenters. The fraction of sp³-hybridized carbons (Fsp3) is 0.278. The summed E-state index contributed by atoms with van der Waals surface area (Å²) in [5.74, 6) is -1.09. The lowest BCUT2D eigenvalue weighted by Gasteiger charge is -2.21. The van der Waals surface area contributed by atoms with E-state index >= 15 is 0 Å². The molecule has 0 spiro atoms. The van der Waals surface area contributed by atoms with Crippen molar-refractivity contribution in [2.24, 2.45) is 0 Å². The fourth-order valence-electron chi connectivity index (χ4n) is 2.63. The third kappa shape index (κ3) is 4.65. The van der Waals surface area contributed by atoms with Crippen molar-refractivity contribution in [3.05, 3.63) is 51.9 Å². The minimum absolute atomic E-state index is 0.157. The number of hydrogen-bond donors (Lipinski definition) is 1. The summed E-state index contributed by atoms with van der Waals surface area (Å²) in [4.78, 5) is 29.8. The predicted octanol–water partition coefficient (Wildman–Crippen LogP) is 3.92. The molecular formula is C18H17ClN2O5S. The van der Waals surface area contributed by atoms with Gasteiger partial charge in [-0.25, -0.2) is 9.78 Å². The van der Waals surface area contributed by atoms with Gasteiger partial charge in [0.2, 0.25) is 5.76 Å². The summed E-state index contributed by atoms with van der Waals surface area (Å²) >= 11 is 7.24. The number of aromatic carboxylic acids is 1. The average molecular weight is 409 g/mol. The molecule has 9 heteroatoms. The van der Waals surface area contributed by atoms with Gasteiger partial charge in [-0.3, -0.25) is 4.79 Å². The van der Waals surface area contributed by atoms with E-state index in [4.69, 9.17) is 25.9 Å². The summed E-state index contributed by atoms with van der Waals surface area (Å²) in [6.45, 7) is 1.11. The Morgan fingerprint density at radius 1 is 1.33 bits per heavy atom. The number of carboxylic acid groups (broad SMARTS) is 1. The number of ether oxygens (including phenoxy) is 1. The number of carbonyl (C=O) groups is 2. The Kier molecular flexibility index (Phi) is 6.10. The zero-order chi connectivity index (χ0) is 19.4. The first-order valence-electron chi connectivity index (χ1n) is 8.14. The fourth-order valence-corrected chi connectivity index (χ4v) is 3.70. The molecule has 0 saturated heterocycles. The molecule has 1 N–H and O–H groups in total. The SMILES string of the molecule is COCCCN(Cc1ccc(C(=O)O)o1)C(=O)c1ccc2nc(Cl)sc2c1. The monoisotopic (exact) mass is 408 g/mol. The maximum absolute atomic E-state index is 13.0. The zero-order valence-corrected chi connectivity index (χ0v) is 16.0. The summed E-state index contributed by atoms with van der Waals surface area (Å²) in [5, 5.41) is 8.99. The highest BCUT2D eigenvalue weighted by molar-refractivity contribution is 7.22. The van der Waals surface area contributed by atoms with E-state index < -0.39 is 5.97 Å². The number of furan rings is 1. The van der Waals surface area contributed by atoms with Gasteiger partial charge >= 0.3 is 5.97 Å². The molecule has 1 aromatic carbocycles. The van der Waals surface area contributed by atoms with Gasteiger partial charge in [0, 0.05) is 25.8 Å². The van der Waals surface area contributed by atoms with E-state index in [1.165, 1.54) is 17.4 Å². The number of thiazole rings is 1. The first-order valence-corrected chi connectivity index (χ1v) is 9.33. The smallest absolute Gasteiger partial charge is 0.371 e. The predicted molar refractivity (Wildman–Crippen MR) is 102 cm³/mol. The summed E-state index contributed by atoms with van der Waals surface area (Å²) in [6.07, 6.45) is 0.642. The number of halogens is 1. The Balaban J connectivity index is 1.82. The molecule has 0 bridgehead atoms. The Bertz CT molecular complexity index is 968. The van der Waals surface area contributed by atoms with Gasteiger partial charge in [0.05, 0.1) is 16.8 Å². The molecule has 0 aliphatic carbocycles. The maximum atomic E-state index is 13.0. The van der Waals surface area contributed by atoms with E-state index in [0.717, 1.165) is 10.2 Å². The van der Waals surface area contributed by atoms with Gasteiger partial charge < -0.3 is 19.2 Å². The third-order valence-electron chi connectivity index (χ3n) is 3.89. The van der Waals surface area contributed by atoms with Crippen LogP contribution in [0.5, 0.6) is 0 Å². The highest BCUT2D eigenvalue weighted by Crippen LogP contribution is 2.27. The van der Waals surface area contributed by atoms with Crippen LogP contribution in [0.1, 0.15) is 33.1 Å². The van der Waals surface area contributed by atoms with E-state index in [2.05, 4.69) is 4.98 Å². The number of rotatable bonds is 8. The van der Waals surface area contributed by atoms with Crippen molar-refractivity contribution in [3.63, 3.8) is 0 Å². The van der Waals surface area contributed by atoms with Crippen LogP contribution < -0.4 is 0 Å². The normalized spacial score (nSPS) is 11.0. The number of aromatic nitrogens is 1. The van der Waals surface area contributed by atoms with Crippen molar-refractivity contribution in [3.8, 4) is 0 Å². The highest BCUT2D eigenvalue weighted by Gasteiger charge is 2.19. The molecule has 0 radical (unpaired) electrons. The third-order valence-corrected chi connectivity index (χ3v) is 5.01. The second kappa shape index (κ2) is 8.51. The van der Waals surface area contributed by atoms with Crippen LogP contribution in [-0.4, -0.2) is 47.1 Å². The van der Waals surface area contributed by atoms with E-state index in [1.54, 1.807) is 36.3 Å². The highest BCUT2D eigenvalue weighted by atomic mass is 35.5. The summed E-state index contributed by atoms with van der Waals surface area (Å²) in [5.41, 5.74) is 1.25. The number of methoxy groups -OCH3 is 1. The van der Waals surface area contributed by atoms with Crippen LogP contribution in [0.25, 0.3) is 10.2 Å². The number of fused-ring (bicyclic) bond motifs is 1. The van der Waals surface area contributed by atoms with Crippen molar-refractivity contribution in [2.45, 2.75) is 13.0 Å². The molecule has 27 heavy (non-hydrogen) atoms. The zero-order valence-electron chi connectivity index (χ0n) is 14.5. The maximum Gasteiger partial charge on any atom is 0.371 e. The topological polar surface area (TPSA) is 92.9 Å².